The van der Waals surface area contributed by atoms with Crippen molar-refractivity contribution >= 4 is 0 Å². The molecule has 1 heterocycles. The molecule has 0 amide bonds. The molecule has 1 aromatic carbocycles. The predicted octanol–water partition coefficient (Wildman–Crippen LogP) is 2.01. The first kappa shape index (κ1) is 11.4. The molecule has 1 aromatic heterocycles. The van der Waals surface area contributed by atoms with Crippen LogP contribution in [0.4, 0.5) is 8.78 Å². The van der Waals surface area contributed by atoms with Crippen LogP contribution in [-0.2, 0) is 6.54 Å². The van der Waals surface area contributed by atoms with E-state index >= 15 is 0 Å². The van der Waals surface area contributed by atoms with Gasteiger partial charge in [-0.1, -0.05) is 6.07 Å². The van der Waals surface area contributed by atoms with Crippen molar-refractivity contribution in [2.45, 2.75) is 6.54 Å². The average Bonchev–Trinajstić information content (AvgIpc) is 2.35. The van der Waals surface area contributed by atoms with E-state index < -0.39 is 11.6 Å². The van der Waals surface area contributed by atoms with E-state index in [0.29, 0.717) is 5.69 Å². The minimum absolute atomic E-state index is 0.0718. The molecule has 17 heavy (non-hydrogen) atoms. The molecule has 0 aliphatic rings. The SMILES string of the molecule is NCc1ccnc(Oc2cccc(F)c2F)n1. The second-order valence-corrected chi connectivity index (χ2v) is 3.19. The molecular formula is C11H9F2N3O. The maximum absolute atomic E-state index is 13.3. The van der Waals surface area contributed by atoms with Crippen molar-refractivity contribution in [2.24, 2.45) is 5.73 Å². The Kier molecular flexibility index (Phi) is 3.24. The Morgan fingerprint density at radius 2 is 2.06 bits per heavy atom. The molecule has 0 saturated heterocycles. The molecule has 2 rings (SSSR count). The number of hydrogen-bond acceptors (Lipinski definition) is 4. The minimum atomic E-state index is -1.07. The summed E-state index contributed by atoms with van der Waals surface area (Å²) in [6, 6.07) is 5.16. The molecule has 0 atom stereocenters. The normalized spacial score (nSPS) is 10.3. The van der Waals surface area contributed by atoms with E-state index in [-0.39, 0.29) is 18.3 Å². The Labute approximate surface area is 96.1 Å². The lowest BCUT2D eigenvalue weighted by Gasteiger charge is -2.05. The van der Waals surface area contributed by atoms with Gasteiger partial charge in [-0.3, -0.25) is 0 Å². The maximum atomic E-state index is 13.3. The first-order valence-electron chi connectivity index (χ1n) is 4.84. The van der Waals surface area contributed by atoms with Crippen molar-refractivity contribution in [2.75, 3.05) is 0 Å². The van der Waals surface area contributed by atoms with Crippen LogP contribution < -0.4 is 10.5 Å². The summed E-state index contributed by atoms with van der Waals surface area (Å²) >= 11 is 0. The van der Waals surface area contributed by atoms with E-state index in [4.69, 9.17) is 10.5 Å². The first-order valence-corrected chi connectivity index (χ1v) is 4.84. The molecule has 6 heteroatoms. The summed E-state index contributed by atoms with van der Waals surface area (Å²) in [6.07, 6.45) is 1.43. The maximum Gasteiger partial charge on any atom is 0.322 e. The summed E-state index contributed by atoms with van der Waals surface area (Å²) in [4.78, 5) is 7.69. The highest BCUT2D eigenvalue weighted by atomic mass is 19.2. The van der Waals surface area contributed by atoms with Gasteiger partial charge in [0, 0.05) is 12.7 Å². The lowest BCUT2D eigenvalue weighted by Crippen LogP contribution is -2.02. The third-order valence-corrected chi connectivity index (χ3v) is 2.02. The van der Waals surface area contributed by atoms with E-state index in [1.165, 1.54) is 18.3 Å². The van der Waals surface area contributed by atoms with Crippen LogP contribution in [0.1, 0.15) is 5.69 Å². The Morgan fingerprint density at radius 3 is 2.82 bits per heavy atom. The molecule has 0 saturated carbocycles. The Hall–Kier alpha value is -2.08. The Bertz CT molecular complexity index is 534. The highest BCUT2D eigenvalue weighted by molar-refractivity contribution is 5.27. The zero-order valence-corrected chi connectivity index (χ0v) is 8.73. The van der Waals surface area contributed by atoms with Crippen molar-refractivity contribution in [3.8, 4) is 11.8 Å². The topological polar surface area (TPSA) is 61.0 Å². The van der Waals surface area contributed by atoms with Crippen molar-refractivity contribution in [3.63, 3.8) is 0 Å². The van der Waals surface area contributed by atoms with Crippen LogP contribution in [0.15, 0.2) is 30.5 Å². The largest absolute Gasteiger partial charge is 0.421 e. The van der Waals surface area contributed by atoms with Crippen molar-refractivity contribution in [1.29, 1.82) is 0 Å². The van der Waals surface area contributed by atoms with Gasteiger partial charge in [0.05, 0.1) is 5.69 Å². The number of ether oxygens (including phenoxy) is 1. The molecule has 4 nitrogen and oxygen atoms in total. The zero-order valence-electron chi connectivity index (χ0n) is 8.73. The molecule has 0 unspecified atom stereocenters. The van der Waals surface area contributed by atoms with Gasteiger partial charge in [0.15, 0.2) is 11.6 Å². The highest BCUT2D eigenvalue weighted by Gasteiger charge is 2.10. The Balaban J connectivity index is 2.28. The molecule has 0 aliphatic heterocycles. The standard InChI is InChI=1S/C11H9F2N3O/c12-8-2-1-3-9(10(8)13)17-11-15-5-4-7(6-14)16-11/h1-5H,6,14H2. The Morgan fingerprint density at radius 1 is 1.24 bits per heavy atom. The van der Waals surface area contributed by atoms with Gasteiger partial charge < -0.3 is 10.5 Å². The molecule has 88 valence electrons. The lowest BCUT2D eigenvalue weighted by molar-refractivity contribution is 0.391. The van der Waals surface area contributed by atoms with Gasteiger partial charge in [-0.05, 0) is 18.2 Å². The van der Waals surface area contributed by atoms with Crippen LogP contribution in [-0.4, -0.2) is 9.97 Å². The number of benzene rings is 1. The van der Waals surface area contributed by atoms with Crippen LogP contribution >= 0.6 is 0 Å². The van der Waals surface area contributed by atoms with Gasteiger partial charge in [0.1, 0.15) is 0 Å². The quantitative estimate of drug-likeness (QED) is 0.886. The molecular weight excluding hydrogens is 228 g/mol. The number of halogens is 2. The van der Waals surface area contributed by atoms with E-state index in [1.807, 2.05) is 0 Å². The van der Waals surface area contributed by atoms with Crippen LogP contribution in [0.5, 0.6) is 11.8 Å². The van der Waals surface area contributed by atoms with Gasteiger partial charge in [-0.2, -0.15) is 9.37 Å². The summed E-state index contributed by atoms with van der Waals surface area (Å²) in [6.45, 7) is 0.213. The monoisotopic (exact) mass is 237 g/mol. The molecule has 0 bridgehead atoms. The lowest BCUT2D eigenvalue weighted by atomic mass is 10.3. The second-order valence-electron chi connectivity index (χ2n) is 3.19. The molecule has 0 radical (unpaired) electrons. The third-order valence-electron chi connectivity index (χ3n) is 2.02. The fourth-order valence-corrected chi connectivity index (χ4v) is 1.20. The van der Waals surface area contributed by atoms with Crippen LogP contribution in [0.3, 0.4) is 0 Å². The number of nitrogens with zero attached hydrogens (tertiary/aromatic N) is 2. The highest BCUT2D eigenvalue weighted by Crippen LogP contribution is 2.23. The minimum Gasteiger partial charge on any atom is -0.421 e. The van der Waals surface area contributed by atoms with E-state index in [9.17, 15) is 8.78 Å². The molecule has 0 spiro atoms. The smallest absolute Gasteiger partial charge is 0.322 e. The molecule has 2 aromatic rings. The summed E-state index contributed by atoms with van der Waals surface area (Å²) in [5.41, 5.74) is 5.93. The van der Waals surface area contributed by atoms with Gasteiger partial charge in [0.25, 0.3) is 0 Å². The van der Waals surface area contributed by atoms with Crippen LogP contribution in [0, 0.1) is 11.6 Å². The molecule has 2 N–H and O–H groups in total. The van der Waals surface area contributed by atoms with E-state index in [2.05, 4.69) is 9.97 Å². The summed E-state index contributed by atoms with van der Waals surface area (Å²) < 4.78 is 31.2. The fourth-order valence-electron chi connectivity index (χ4n) is 1.20. The van der Waals surface area contributed by atoms with E-state index in [1.54, 1.807) is 6.07 Å². The van der Waals surface area contributed by atoms with Gasteiger partial charge in [0.2, 0.25) is 5.82 Å². The van der Waals surface area contributed by atoms with Crippen LogP contribution in [0.25, 0.3) is 0 Å². The predicted molar refractivity (Wildman–Crippen MR) is 56.4 cm³/mol. The van der Waals surface area contributed by atoms with Gasteiger partial charge in [-0.25, -0.2) is 9.37 Å². The second kappa shape index (κ2) is 4.84. The summed E-state index contributed by atoms with van der Waals surface area (Å²) in [7, 11) is 0. The number of hydrogen-bond donors (Lipinski definition) is 1. The van der Waals surface area contributed by atoms with Crippen molar-refractivity contribution < 1.29 is 13.5 Å². The van der Waals surface area contributed by atoms with Crippen molar-refractivity contribution in [3.05, 3.63) is 47.8 Å². The van der Waals surface area contributed by atoms with Gasteiger partial charge >= 0.3 is 6.01 Å². The number of rotatable bonds is 3. The average molecular weight is 237 g/mol. The zero-order chi connectivity index (χ0) is 12.3. The van der Waals surface area contributed by atoms with E-state index in [0.717, 1.165) is 6.07 Å². The van der Waals surface area contributed by atoms with Crippen molar-refractivity contribution in [1.82, 2.24) is 9.97 Å². The van der Waals surface area contributed by atoms with Gasteiger partial charge in [-0.15, -0.1) is 0 Å². The molecule has 0 aliphatic carbocycles. The summed E-state index contributed by atoms with van der Waals surface area (Å²) in [5, 5.41) is 0. The summed E-state index contributed by atoms with van der Waals surface area (Å²) in [5.74, 6) is -2.33. The number of nitrogens with two attached hydrogens (primary N) is 1. The third kappa shape index (κ3) is 2.54. The first-order chi connectivity index (χ1) is 8.20. The fraction of sp³-hybridized carbons (Fsp3) is 0.0909. The molecule has 0 fully saturated rings. The van der Waals surface area contributed by atoms with Crippen LogP contribution in [0.2, 0.25) is 0 Å². The number of aromatic nitrogens is 2.